The smallest absolute Gasteiger partial charge is 0.138 e. The van der Waals surface area contributed by atoms with Crippen LogP contribution in [-0.4, -0.2) is 9.97 Å². The molecule has 25 heavy (non-hydrogen) atoms. The highest BCUT2D eigenvalue weighted by molar-refractivity contribution is 6.23. The van der Waals surface area contributed by atoms with E-state index in [0.717, 1.165) is 28.8 Å². The lowest BCUT2D eigenvalue weighted by atomic mass is 10.0. The maximum Gasteiger partial charge on any atom is 0.138 e. The van der Waals surface area contributed by atoms with Gasteiger partial charge in [0.2, 0.25) is 0 Å². The van der Waals surface area contributed by atoms with Gasteiger partial charge in [0, 0.05) is 16.3 Å². The van der Waals surface area contributed by atoms with Crippen molar-refractivity contribution in [1.82, 2.24) is 9.97 Å². The Labute approximate surface area is 146 Å². The summed E-state index contributed by atoms with van der Waals surface area (Å²) in [4.78, 5) is 8.53. The van der Waals surface area contributed by atoms with Crippen LogP contribution in [0.25, 0.3) is 44.0 Å². The molecule has 120 valence electrons. The van der Waals surface area contributed by atoms with Crippen molar-refractivity contribution >= 4 is 32.6 Å². The van der Waals surface area contributed by atoms with Crippen molar-refractivity contribution in [2.24, 2.45) is 0 Å². The normalized spacial score (nSPS) is 11.6. The fraction of sp³-hybridized carbons (Fsp3) is 0.0870. The van der Waals surface area contributed by atoms with Gasteiger partial charge in [-0.2, -0.15) is 0 Å². The maximum absolute atomic E-state index is 4.96. The molecule has 0 radical (unpaired) electrons. The van der Waals surface area contributed by atoms with Gasteiger partial charge in [-0.1, -0.05) is 79.7 Å². The Kier molecular flexibility index (Phi) is 3.10. The lowest BCUT2D eigenvalue weighted by Crippen LogP contribution is -1.83. The van der Waals surface area contributed by atoms with Crippen LogP contribution in [-0.2, 0) is 6.42 Å². The fourth-order valence-corrected chi connectivity index (χ4v) is 3.66. The number of aromatic amines is 1. The van der Waals surface area contributed by atoms with E-state index in [0.29, 0.717) is 0 Å². The molecule has 1 N–H and O–H groups in total. The first-order valence-corrected chi connectivity index (χ1v) is 8.73. The number of imidazole rings is 1. The Balaban J connectivity index is 1.86. The van der Waals surface area contributed by atoms with Crippen molar-refractivity contribution in [3.05, 3.63) is 78.4 Å². The summed E-state index contributed by atoms with van der Waals surface area (Å²) in [6.45, 7) is 2.18. The molecule has 2 heteroatoms. The summed E-state index contributed by atoms with van der Waals surface area (Å²) in [5.41, 5.74) is 4.63. The molecular weight excluding hydrogens is 304 g/mol. The van der Waals surface area contributed by atoms with Crippen LogP contribution >= 0.6 is 0 Å². The number of aryl methyl sites for hydroxylation is 1. The van der Waals surface area contributed by atoms with Crippen molar-refractivity contribution in [2.45, 2.75) is 13.3 Å². The van der Waals surface area contributed by atoms with Crippen LogP contribution in [0.2, 0.25) is 0 Å². The molecule has 0 aliphatic heterocycles. The summed E-state index contributed by atoms with van der Waals surface area (Å²) in [5.74, 6) is 0.930. The van der Waals surface area contributed by atoms with Crippen molar-refractivity contribution in [1.29, 1.82) is 0 Å². The third-order valence-electron chi connectivity index (χ3n) is 5.01. The molecule has 1 heterocycles. The molecule has 0 atom stereocenters. The zero-order valence-corrected chi connectivity index (χ0v) is 14.1. The second-order valence-corrected chi connectivity index (χ2v) is 6.45. The van der Waals surface area contributed by atoms with E-state index in [1.807, 2.05) is 0 Å². The Bertz CT molecular complexity index is 1140. The van der Waals surface area contributed by atoms with Crippen molar-refractivity contribution in [3.8, 4) is 11.4 Å². The summed E-state index contributed by atoms with van der Waals surface area (Å²) in [5, 5.41) is 4.94. The molecule has 0 saturated carbocycles. The second-order valence-electron chi connectivity index (χ2n) is 6.45. The third-order valence-corrected chi connectivity index (χ3v) is 5.01. The molecule has 4 aromatic carbocycles. The first kappa shape index (κ1) is 14.2. The third kappa shape index (κ3) is 2.14. The van der Waals surface area contributed by atoms with E-state index < -0.39 is 0 Å². The molecule has 0 saturated heterocycles. The zero-order chi connectivity index (χ0) is 16.8. The second kappa shape index (κ2) is 5.45. The van der Waals surface area contributed by atoms with Gasteiger partial charge in [0.1, 0.15) is 5.82 Å². The average Bonchev–Trinajstić information content (AvgIpc) is 3.14. The Hall–Kier alpha value is -3.13. The molecule has 0 spiro atoms. The number of rotatable bonds is 2. The molecule has 2 nitrogen and oxygen atoms in total. The van der Waals surface area contributed by atoms with Gasteiger partial charge in [0.05, 0.1) is 11.0 Å². The lowest BCUT2D eigenvalue weighted by molar-refractivity contribution is 1.14. The Morgan fingerprint density at radius 3 is 2.00 bits per heavy atom. The van der Waals surface area contributed by atoms with Crippen LogP contribution in [0.4, 0.5) is 0 Å². The summed E-state index contributed by atoms with van der Waals surface area (Å²) < 4.78 is 0. The molecular formula is C23H18N2. The van der Waals surface area contributed by atoms with E-state index in [9.17, 15) is 0 Å². The monoisotopic (exact) mass is 322 g/mol. The SMILES string of the molecule is CCc1ccc(-c2nc3c4ccccc4c4ccccc4c3[nH]2)cc1. The topological polar surface area (TPSA) is 28.7 Å². The number of nitrogens with zero attached hydrogens (tertiary/aromatic N) is 1. The maximum atomic E-state index is 4.96. The molecule has 0 unspecified atom stereocenters. The molecule has 0 fully saturated rings. The zero-order valence-electron chi connectivity index (χ0n) is 14.1. The van der Waals surface area contributed by atoms with Crippen LogP contribution in [0, 0.1) is 0 Å². The van der Waals surface area contributed by atoms with Crippen LogP contribution in [0.5, 0.6) is 0 Å². The van der Waals surface area contributed by atoms with Gasteiger partial charge in [-0.15, -0.1) is 0 Å². The van der Waals surface area contributed by atoms with E-state index in [2.05, 4.69) is 84.7 Å². The number of hydrogen-bond acceptors (Lipinski definition) is 1. The molecule has 5 aromatic rings. The molecule has 0 aliphatic rings. The molecule has 0 aliphatic carbocycles. The van der Waals surface area contributed by atoms with E-state index in [1.54, 1.807) is 0 Å². The number of hydrogen-bond donors (Lipinski definition) is 1. The average molecular weight is 322 g/mol. The minimum Gasteiger partial charge on any atom is -0.337 e. The first-order chi connectivity index (χ1) is 12.3. The molecule has 1 aromatic heterocycles. The highest BCUT2D eigenvalue weighted by atomic mass is 14.9. The predicted molar refractivity (Wildman–Crippen MR) is 106 cm³/mol. The van der Waals surface area contributed by atoms with Crippen LogP contribution in [0.15, 0.2) is 72.8 Å². The summed E-state index contributed by atoms with van der Waals surface area (Å²) >= 11 is 0. The fourth-order valence-electron chi connectivity index (χ4n) is 3.66. The number of fused-ring (bicyclic) bond motifs is 6. The van der Waals surface area contributed by atoms with E-state index in [-0.39, 0.29) is 0 Å². The van der Waals surface area contributed by atoms with Crippen molar-refractivity contribution in [3.63, 3.8) is 0 Å². The summed E-state index contributed by atoms with van der Waals surface area (Å²) in [7, 11) is 0. The van der Waals surface area contributed by atoms with Crippen LogP contribution < -0.4 is 0 Å². The van der Waals surface area contributed by atoms with Crippen molar-refractivity contribution in [2.75, 3.05) is 0 Å². The number of benzene rings is 4. The highest BCUT2D eigenvalue weighted by Gasteiger charge is 2.13. The number of aromatic nitrogens is 2. The van der Waals surface area contributed by atoms with Gasteiger partial charge in [0.15, 0.2) is 0 Å². The quantitative estimate of drug-likeness (QED) is 0.391. The molecule has 0 amide bonds. The van der Waals surface area contributed by atoms with Gasteiger partial charge in [0.25, 0.3) is 0 Å². The minimum absolute atomic E-state index is 0.930. The lowest BCUT2D eigenvalue weighted by Gasteiger charge is -2.05. The van der Waals surface area contributed by atoms with Crippen LogP contribution in [0.3, 0.4) is 0 Å². The van der Waals surface area contributed by atoms with Gasteiger partial charge in [-0.25, -0.2) is 4.98 Å². The standard InChI is InChI=1S/C23H18N2/c1-2-15-11-13-16(14-12-15)23-24-21-19-9-5-3-7-17(19)18-8-4-6-10-20(18)22(21)25-23/h3-14H,2H2,1H3,(H,24,25). The first-order valence-electron chi connectivity index (χ1n) is 8.73. The van der Waals surface area contributed by atoms with Gasteiger partial charge >= 0.3 is 0 Å². The van der Waals surface area contributed by atoms with E-state index >= 15 is 0 Å². The molecule has 0 bridgehead atoms. The summed E-state index contributed by atoms with van der Waals surface area (Å²) in [6.07, 6.45) is 1.05. The number of H-pyrrole nitrogens is 1. The van der Waals surface area contributed by atoms with Gasteiger partial charge in [-0.05, 0) is 22.8 Å². The van der Waals surface area contributed by atoms with E-state index in [4.69, 9.17) is 4.98 Å². The van der Waals surface area contributed by atoms with E-state index in [1.165, 1.54) is 27.1 Å². The van der Waals surface area contributed by atoms with Crippen LogP contribution in [0.1, 0.15) is 12.5 Å². The summed E-state index contributed by atoms with van der Waals surface area (Å²) in [6, 6.07) is 25.7. The van der Waals surface area contributed by atoms with Gasteiger partial charge in [-0.3, -0.25) is 0 Å². The van der Waals surface area contributed by atoms with Gasteiger partial charge < -0.3 is 4.98 Å². The Morgan fingerprint density at radius 2 is 1.32 bits per heavy atom. The minimum atomic E-state index is 0.930. The largest absolute Gasteiger partial charge is 0.337 e. The number of nitrogens with one attached hydrogen (secondary N) is 1. The van der Waals surface area contributed by atoms with Crippen molar-refractivity contribution < 1.29 is 0 Å². The highest BCUT2D eigenvalue weighted by Crippen LogP contribution is 2.35. The predicted octanol–water partition coefficient (Wildman–Crippen LogP) is 6.10. The molecule has 5 rings (SSSR count). The Morgan fingerprint density at radius 1 is 0.720 bits per heavy atom.